The smallest absolute Gasteiger partial charge is 0.181 e. The molecule has 5 heteroatoms. The van der Waals surface area contributed by atoms with E-state index < -0.39 is 0 Å². The van der Waals surface area contributed by atoms with Gasteiger partial charge in [0, 0.05) is 17.8 Å². The van der Waals surface area contributed by atoms with Gasteiger partial charge in [0.05, 0.1) is 7.11 Å². The Bertz CT molecular complexity index is 508. The molecule has 90 valence electrons. The quantitative estimate of drug-likeness (QED) is 0.875. The summed E-state index contributed by atoms with van der Waals surface area (Å²) in [7, 11) is 1.62. The van der Waals surface area contributed by atoms with E-state index in [1.807, 2.05) is 31.2 Å². The first-order chi connectivity index (χ1) is 8.19. The van der Waals surface area contributed by atoms with Crippen LogP contribution in [-0.4, -0.2) is 16.9 Å². The highest BCUT2D eigenvalue weighted by Gasteiger charge is 2.02. The Hall–Kier alpha value is -2.17. The van der Waals surface area contributed by atoms with Gasteiger partial charge in [0.25, 0.3) is 0 Å². The van der Waals surface area contributed by atoms with Crippen molar-refractivity contribution in [3.05, 3.63) is 36.0 Å². The van der Waals surface area contributed by atoms with E-state index in [0.717, 1.165) is 17.2 Å². The second-order valence-corrected chi connectivity index (χ2v) is 3.66. The molecule has 2 aromatic rings. The van der Waals surface area contributed by atoms with Gasteiger partial charge in [0.1, 0.15) is 17.3 Å². The van der Waals surface area contributed by atoms with Crippen LogP contribution in [0.5, 0.6) is 11.5 Å². The van der Waals surface area contributed by atoms with Gasteiger partial charge in [-0.05, 0) is 19.1 Å². The molecular weight excluding hydrogens is 218 g/mol. The lowest BCUT2D eigenvalue weighted by molar-refractivity contribution is 0.218. The maximum absolute atomic E-state index is 5.59. The van der Waals surface area contributed by atoms with Crippen LogP contribution in [0.1, 0.15) is 5.69 Å². The molecule has 0 bridgehead atoms. The fourth-order valence-corrected chi connectivity index (χ4v) is 1.49. The minimum atomic E-state index is 0.330. The topological polar surface area (TPSA) is 62.3 Å². The number of nitrogen functional groups attached to an aromatic ring is 1. The Morgan fingerprint density at radius 2 is 2.06 bits per heavy atom. The van der Waals surface area contributed by atoms with Crippen LogP contribution < -0.4 is 15.2 Å². The normalized spacial score (nSPS) is 10.2. The van der Waals surface area contributed by atoms with Crippen molar-refractivity contribution in [2.75, 3.05) is 12.8 Å². The fourth-order valence-electron chi connectivity index (χ4n) is 1.49. The summed E-state index contributed by atoms with van der Waals surface area (Å²) in [4.78, 5) is 0. The molecule has 1 heterocycles. The van der Waals surface area contributed by atoms with E-state index in [9.17, 15) is 0 Å². The van der Waals surface area contributed by atoms with Crippen LogP contribution in [0.15, 0.2) is 30.3 Å². The fraction of sp³-hybridized carbons (Fsp3) is 0.250. The number of ether oxygens (including phenoxy) is 2. The summed E-state index contributed by atoms with van der Waals surface area (Å²) in [5.74, 6) is 1.99. The van der Waals surface area contributed by atoms with Crippen molar-refractivity contribution in [2.45, 2.75) is 13.7 Å². The van der Waals surface area contributed by atoms with Gasteiger partial charge in [-0.15, -0.1) is 0 Å². The van der Waals surface area contributed by atoms with Crippen LogP contribution >= 0.6 is 0 Å². The number of nitrogens with two attached hydrogens (primary N) is 1. The predicted octanol–water partition coefficient (Wildman–Crippen LogP) is 1.82. The molecule has 0 saturated heterocycles. The van der Waals surface area contributed by atoms with E-state index in [2.05, 4.69) is 5.10 Å². The van der Waals surface area contributed by atoms with Crippen LogP contribution in [0.4, 0.5) is 5.82 Å². The molecule has 0 aliphatic heterocycles. The molecule has 0 atom stereocenters. The third-order valence-electron chi connectivity index (χ3n) is 2.39. The number of aryl methyl sites for hydroxylation is 1. The summed E-state index contributed by atoms with van der Waals surface area (Å²) < 4.78 is 12.4. The largest absolute Gasteiger partial charge is 0.497 e. The predicted molar refractivity (Wildman–Crippen MR) is 65.0 cm³/mol. The molecule has 2 N–H and O–H groups in total. The van der Waals surface area contributed by atoms with Gasteiger partial charge >= 0.3 is 0 Å². The highest BCUT2D eigenvalue weighted by Crippen LogP contribution is 2.19. The SMILES string of the molecule is COc1cccc(OCn2nc(N)cc2C)c1. The van der Waals surface area contributed by atoms with Gasteiger partial charge in [0.2, 0.25) is 0 Å². The molecule has 17 heavy (non-hydrogen) atoms. The first kappa shape index (κ1) is 11.3. The number of benzene rings is 1. The summed E-state index contributed by atoms with van der Waals surface area (Å²) in [6.45, 7) is 2.26. The van der Waals surface area contributed by atoms with Gasteiger partial charge < -0.3 is 15.2 Å². The maximum atomic E-state index is 5.59. The summed E-state index contributed by atoms with van der Waals surface area (Å²) in [5.41, 5.74) is 6.55. The molecule has 0 saturated carbocycles. The Labute approximate surface area is 99.8 Å². The van der Waals surface area contributed by atoms with E-state index in [1.165, 1.54) is 0 Å². The lowest BCUT2D eigenvalue weighted by Crippen LogP contribution is -2.08. The molecule has 5 nitrogen and oxygen atoms in total. The Morgan fingerprint density at radius 3 is 2.71 bits per heavy atom. The van der Waals surface area contributed by atoms with Crippen LogP contribution in [0.2, 0.25) is 0 Å². The van der Waals surface area contributed by atoms with E-state index in [1.54, 1.807) is 17.9 Å². The average Bonchev–Trinajstić information content (AvgIpc) is 2.65. The number of rotatable bonds is 4. The van der Waals surface area contributed by atoms with Gasteiger partial charge in [0.15, 0.2) is 6.73 Å². The lowest BCUT2D eigenvalue weighted by Gasteiger charge is -2.08. The molecule has 2 rings (SSSR count). The molecular formula is C12H15N3O2. The number of nitrogens with zero attached hydrogens (tertiary/aromatic N) is 2. The van der Waals surface area contributed by atoms with Crippen LogP contribution in [0.3, 0.4) is 0 Å². The summed E-state index contributed by atoms with van der Waals surface area (Å²) in [6, 6.07) is 9.23. The zero-order valence-corrected chi connectivity index (χ0v) is 9.88. The van der Waals surface area contributed by atoms with Gasteiger partial charge in [-0.2, -0.15) is 5.10 Å². The van der Waals surface area contributed by atoms with E-state index in [4.69, 9.17) is 15.2 Å². The lowest BCUT2D eigenvalue weighted by atomic mass is 10.3. The number of methoxy groups -OCH3 is 1. The second kappa shape index (κ2) is 4.78. The number of hydrogen-bond acceptors (Lipinski definition) is 4. The zero-order chi connectivity index (χ0) is 12.3. The first-order valence-electron chi connectivity index (χ1n) is 5.26. The monoisotopic (exact) mass is 233 g/mol. The van der Waals surface area contributed by atoms with Crippen LogP contribution in [-0.2, 0) is 6.73 Å². The minimum absolute atomic E-state index is 0.330. The van der Waals surface area contributed by atoms with Crippen molar-refractivity contribution >= 4 is 5.82 Å². The van der Waals surface area contributed by atoms with Crippen LogP contribution in [0, 0.1) is 6.92 Å². The molecule has 0 spiro atoms. The van der Waals surface area contributed by atoms with Crippen molar-refractivity contribution in [3.63, 3.8) is 0 Å². The highest BCUT2D eigenvalue weighted by atomic mass is 16.5. The van der Waals surface area contributed by atoms with E-state index >= 15 is 0 Å². The van der Waals surface area contributed by atoms with Gasteiger partial charge in [-0.1, -0.05) is 6.07 Å². The third kappa shape index (κ3) is 2.69. The number of hydrogen-bond donors (Lipinski definition) is 1. The molecule has 0 aliphatic carbocycles. The molecule has 0 aliphatic rings. The van der Waals surface area contributed by atoms with Gasteiger partial charge in [-0.25, -0.2) is 4.68 Å². The molecule has 0 amide bonds. The Balaban J connectivity index is 2.04. The summed E-state index contributed by atoms with van der Waals surface area (Å²) in [5, 5.41) is 4.11. The molecule has 0 fully saturated rings. The minimum Gasteiger partial charge on any atom is -0.497 e. The zero-order valence-electron chi connectivity index (χ0n) is 9.88. The van der Waals surface area contributed by atoms with E-state index in [0.29, 0.717) is 12.5 Å². The second-order valence-electron chi connectivity index (χ2n) is 3.66. The summed E-state index contributed by atoms with van der Waals surface area (Å²) >= 11 is 0. The Kier molecular flexibility index (Phi) is 3.18. The average molecular weight is 233 g/mol. The summed E-state index contributed by atoms with van der Waals surface area (Å²) in [6.07, 6.45) is 0. The Morgan fingerprint density at radius 1 is 1.29 bits per heavy atom. The van der Waals surface area contributed by atoms with Crippen molar-refractivity contribution in [1.29, 1.82) is 0 Å². The third-order valence-corrected chi connectivity index (χ3v) is 2.39. The molecule has 1 aromatic heterocycles. The highest BCUT2D eigenvalue weighted by molar-refractivity contribution is 5.33. The van der Waals surface area contributed by atoms with Crippen molar-refractivity contribution < 1.29 is 9.47 Å². The van der Waals surface area contributed by atoms with Gasteiger partial charge in [-0.3, -0.25) is 0 Å². The van der Waals surface area contributed by atoms with Crippen molar-refractivity contribution in [2.24, 2.45) is 0 Å². The van der Waals surface area contributed by atoms with Crippen LogP contribution in [0.25, 0.3) is 0 Å². The standard InChI is InChI=1S/C12H15N3O2/c1-9-6-12(13)14-15(9)8-17-11-5-3-4-10(7-11)16-2/h3-7H,8H2,1-2H3,(H2,13,14). The van der Waals surface area contributed by atoms with Crippen molar-refractivity contribution in [3.8, 4) is 11.5 Å². The van der Waals surface area contributed by atoms with E-state index in [-0.39, 0.29) is 0 Å². The molecule has 0 radical (unpaired) electrons. The number of anilines is 1. The molecule has 1 aromatic carbocycles. The van der Waals surface area contributed by atoms with Crippen molar-refractivity contribution in [1.82, 2.24) is 9.78 Å². The number of aromatic nitrogens is 2. The molecule has 0 unspecified atom stereocenters. The maximum Gasteiger partial charge on any atom is 0.181 e. The first-order valence-corrected chi connectivity index (χ1v) is 5.26.